The Bertz CT molecular complexity index is 1590. The lowest BCUT2D eigenvalue weighted by Gasteiger charge is -2.29. The molecule has 6 heteroatoms. The topological polar surface area (TPSA) is 105 Å². The van der Waals surface area contributed by atoms with E-state index >= 15 is 0 Å². The van der Waals surface area contributed by atoms with E-state index in [1.165, 1.54) is 37.7 Å². The molecule has 2 aliphatic carbocycles. The fourth-order valence-electron chi connectivity index (χ4n) is 6.66. The molecule has 4 N–H and O–H groups in total. The van der Waals surface area contributed by atoms with Gasteiger partial charge in [-0.1, -0.05) is 129 Å². The third-order valence-corrected chi connectivity index (χ3v) is 10.6. The summed E-state index contributed by atoms with van der Waals surface area (Å²) in [5.74, 6) is 2.00. The molecule has 1 fully saturated rings. The minimum Gasteiger partial charge on any atom is -0.385 e. The molecular weight excluding hydrogens is 691 g/mol. The molecule has 0 bridgehead atoms. The van der Waals surface area contributed by atoms with Crippen molar-refractivity contribution in [2.45, 2.75) is 165 Å². The largest absolute Gasteiger partial charge is 0.385 e. The molecule has 2 aliphatic rings. The maximum absolute atomic E-state index is 13.4. The van der Waals surface area contributed by atoms with E-state index in [4.69, 9.17) is 10.7 Å². The highest BCUT2D eigenvalue weighted by atomic mass is 16.3. The maximum Gasteiger partial charge on any atom is 0.197 e. The number of rotatable bonds is 18. The van der Waals surface area contributed by atoms with Crippen molar-refractivity contribution in [1.82, 2.24) is 0 Å². The van der Waals surface area contributed by atoms with E-state index in [1.54, 1.807) is 37.1 Å². The smallest absolute Gasteiger partial charge is 0.197 e. The highest BCUT2D eigenvalue weighted by molar-refractivity contribution is 6.36. The van der Waals surface area contributed by atoms with Gasteiger partial charge in [0.25, 0.3) is 0 Å². The van der Waals surface area contributed by atoms with Crippen LogP contribution in [0.15, 0.2) is 83.2 Å². The van der Waals surface area contributed by atoms with Gasteiger partial charge < -0.3 is 16.2 Å². The summed E-state index contributed by atoms with van der Waals surface area (Å²) in [4.78, 5) is 30.8. The number of allylic oxidation sites excluding steroid dienone is 4. The Kier molecular flexibility index (Phi) is 24.4. The van der Waals surface area contributed by atoms with Crippen LogP contribution in [0.4, 0.5) is 5.69 Å². The second kappa shape index (κ2) is 27.1. The number of carbonyl (C=O) groups is 2. The first-order valence-electron chi connectivity index (χ1n) is 21.8. The molecule has 0 heterocycles. The van der Waals surface area contributed by atoms with E-state index in [1.807, 2.05) is 45.0 Å². The first-order valence-corrected chi connectivity index (χ1v) is 21.8. The van der Waals surface area contributed by atoms with Crippen molar-refractivity contribution in [3.05, 3.63) is 100 Å². The zero-order valence-corrected chi connectivity index (χ0v) is 37.3. The number of aliphatic imine (C=N–C) groups is 1. The third-order valence-electron chi connectivity index (χ3n) is 10.6. The van der Waals surface area contributed by atoms with Crippen LogP contribution in [0.3, 0.4) is 0 Å². The molecule has 0 saturated heterocycles. The van der Waals surface area contributed by atoms with E-state index in [0.29, 0.717) is 49.3 Å². The molecular formula is C50H79N3O3. The molecule has 0 amide bonds. The summed E-state index contributed by atoms with van der Waals surface area (Å²) in [6, 6.07) is 14.5. The molecule has 56 heavy (non-hydrogen) atoms. The average Bonchev–Trinajstić information content (AvgIpc) is 3.61. The first-order chi connectivity index (χ1) is 26.7. The molecule has 0 spiro atoms. The standard InChI is InChI=1S/C32H49N3O3.C10H12.C5H10.C3H8/c1-8-13-19-32(38,20-15-21-33)25-17-14-18-26(22-25)34-24(7)35-30(23(6)10-3)28(12-5)31(37)27(11-4)29(36)16-9-2;1-8-5-6-9-3-2-4-10(9)7-8;1-4-3-5(4)2;1-3-2/h11-12,14,17-18,22-23,34,38H,7-10,13,15-16,19-21,33H2,1-6H3;5-7H,2-4H2,1H3;4-5H,3H2,1-2H3;3H2,1-2H3/b27-11-,28-12+,35-30-;;;. The number of nitrogens with zero attached hydrogens (tertiary/aromatic N) is 1. The Balaban J connectivity index is 0.000000696. The lowest BCUT2D eigenvalue weighted by Crippen LogP contribution is -2.27. The van der Waals surface area contributed by atoms with Gasteiger partial charge in [-0.05, 0) is 132 Å². The number of nitrogens with one attached hydrogen (secondary N) is 1. The number of aryl methyl sites for hydroxylation is 3. The van der Waals surface area contributed by atoms with Gasteiger partial charge in [-0.15, -0.1) is 0 Å². The van der Waals surface area contributed by atoms with Crippen molar-refractivity contribution in [3.63, 3.8) is 0 Å². The van der Waals surface area contributed by atoms with Gasteiger partial charge in [-0.3, -0.25) is 9.59 Å². The lowest BCUT2D eigenvalue weighted by atomic mass is 9.84. The summed E-state index contributed by atoms with van der Waals surface area (Å²) in [7, 11) is 0. The number of fused-ring (bicyclic) bond motifs is 1. The van der Waals surface area contributed by atoms with Crippen LogP contribution in [0.1, 0.15) is 162 Å². The number of nitrogens with two attached hydrogens (primary N) is 1. The van der Waals surface area contributed by atoms with Gasteiger partial charge in [0, 0.05) is 17.7 Å². The van der Waals surface area contributed by atoms with Gasteiger partial charge in [0.15, 0.2) is 11.6 Å². The zero-order chi connectivity index (χ0) is 42.3. The van der Waals surface area contributed by atoms with Gasteiger partial charge in [0.05, 0.1) is 16.9 Å². The minimum atomic E-state index is -0.946. The van der Waals surface area contributed by atoms with Crippen molar-refractivity contribution in [2.24, 2.45) is 28.5 Å². The Labute approximate surface area is 342 Å². The number of unbranched alkanes of at least 4 members (excludes halogenated alkanes) is 1. The third kappa shape index (κ3) is 17.3. The maximum atomic E-state index is 13.4. The molecule has 0 radical (unpaired) electrons. The molecule has 2 aromatic rings. The molecule has 0 aliphatic heterocycles. The van der Waals surface area contributed by atoms with Crippen LogP contribution in [0.2, 0.25) is 0 Å². The second-order valence-electron chi connectivity index (χ2n) is 15.9. The van der Waals surface area contributed by atoms with E-state index in [0.717, 1.165) is 48.8 Å². The normalized spacial score (nSPS) is 17.7. The number of hydrogen-bond acceptors (Lipinski definition) is 6. The number of carbonyl (C=O) groups excluding carboxylic acids is 2. The lowest BCUT2D eigenvalue weighted by molar-refractivity contribution is -0.119. The average molecular weight is 770 g/mol. The van der Waals surface area contributed by atoms with Gasteiger partial charge in [-0.2, -0.15) is 0 Å². The predicted molar refractivity (Wildman–Crippen MR) is 242 cm³/mol. The van der Waals surface area contributed by atoms with Crippen LogP contribution in [0, 0.1) is 24.7 Å². The first kappa shape index (κ1) is 50.4. The van der Waals surface area contributed by atoms with E-state index in [9.17, 15) is 14.7 Å². The molecule has 6 nitrogen and oxygen atoms in total. The fourth-order valence-corrected chi connectivity index (χ4v) is 6.66. The van der Waals surface area contributed by atoms with Crippen molar-refractivity contribution >= 4 is 23.0 Å². The van der Waals surface area contributed by atoms with Crippen LogP contribution in [0.5, 0.6) is 0 Å². The monoisotopic (exact) mass is 770 g/mol. The number of Topliss-reactive ketones (excluding diaryl/α,β-unsaturated/α-hetero) is 2. The summed E-state index contributed by atoms with van der Waals surface area (Å²) in [6.45, 7) is 27.2. The second-order valence-corrected chi connectivity index (χ2v) is 15.9. The number of benzene rings is 2. The van der Waals surface area contributed by atoms with Crippen molar-refractivity contribution in [1.29, 1.82) is 0 Å². The Morgan fingerprint density at radius 2 is 1.55 bits per heavy atom. The van der Waals surface area contributed by atoms with E-state index in [2.05, 4.69) is 71.6 Å². The zero-order valence-electron chi connectivity index (χ0n) is 37.3. The van der Waals surface area contributed by atoms with Crippen LogP contribution in [-0.2, 0) is 28.0 Å². The summed E-state index contributed by atoms with van der Waals surface area (Å²) in [5, 5.41) is 14.7. The predicted octanol–water partition coefficient (Wildman–Crippen LogP) is 12.6. The number of ketones is 2. The van der Waals surface area contributed by atoms with Gasteiger partial charge in [-0.25, -0.2) is 4.99 Å². The van der Waals surface area contributed by atoms with Crippen molar-refractivity contribution in [2.75, 3.05) is 11.9 Å². The summed E-state index contributed by atoms with van der Waals surface area (Å²) >= 11 is 0. The highest BCUT2D eigenvalue weighted by Crippen LogP contribution is 2.36. The Hall–Kier alpha value is -3.61. The summed E-state index contributed by atoms with van der Waals surface area (Å²) < 4.78 is 0. The van der Waals surface area contributed by atoms with Crippen LogP contribution in [-0.4, -0.2) is 28.9 Å². The molecule has 2 aromatic carbocycles. The molecule has 0 aromatic heterocycles. The van der Waals surface area contributed by atoms with Crippen molar-refractivity contribution < 1.29 is 14.7 Å². The Morgan fingerprint density at radius 1 is 0.946 bits per heavy atom. The number of anilines is 1. The van der Waals surface area contributed by atoms with E-state index < -0.39 is 5.60 Å². The van der Waals surface area contributed by atoms with Crippen molar-refractivity contribution in [3.8, 4) is 0 Å². The number of aliphatic hydroxyl groups is 1. The highest BCUT2D eigenvalue weighted by Gasteiger charge is 2.29. The summed E-state index contributed by atoms with van der Waals surface area (Å²) in [6.07, 6.45) is 15.7. The number of hydrogen-bond donors (Lipinski definition) is 3. The Morgan fingerprint density at radius 3 is 2.09 bits per heavy atom. The SMILES string of the molecule is C=C(/N=C(\C(=C/C)C(=O)/C(=C\C)C(=O)CCC)C(C)CC)Nc1cccc(C(O)(CCCC)CCCN)c1.CC1CC1C.CCC.Cc1ccc2c(c1)CCC2. The molecule has 4 rings (SSSR count). The molecule has 312 valence electrons. The van der Waals surface area contributed by atoms with E-state index in [-0.39, 0.29) is 23.1 Å². The van der Waals surface area contributed by atoms with Gasteiger partial charge >= 0.3 is 0 Å². The molecule has 1 saturated carbocycles. The van der Waals surface area contributed by atoms with Gasteiger partial charge in [0.2, 0.25) is 0 Å². The van der Waals surface area contributed by atoms with Gasteiger partial charge in [0.1, 0.15) is 5.82 Å². The van der Waals surface area contributed by atoms with Crippen LogP contribution < -0.4 is 11.1 Å². The minimum absolute atomic E-state index is 0.0233. The molecule has 4 atom stereocenters. The van der Waals surface area contributed by atoms with Crippen LogP contribution >= 0.6 is 0 Å². The van der Waals surface area contributed by atoms with Crippen LogP contribution in [0.25, 0.3) is 0 Å². The quantitative estimate of drug-likeness (QED) is 0.0606. The summed E-state index contributed by atoms with van der Waals surface area (Å²) in [5.41, 5.74) is 12.2. The molecule has 4 unspecified atom stereocenters. The fraction of sp³-hybridized carbons (Fsp3) is 0.580.